The molecule has 0 saturated carbocycles. The van der Waals surface area contributed by atoms with Crippen LogP contribution in [0.25, 0.3) is 0 Å². The van der Waals surface area contributed by atoms with Crippen molar-refractivity contribution in [2.45, 2.75) is 13.8 Å². The van der Waals surface area contributed by atoms with Crippen molar-refractivity contribution in [3.63, 3.8) is 0 Å². The average molecular weight is 226 g/mol. The number of aryl methyl sites for hydroxylation is 2. The van der Waals surface area contributed by atoms with Gasteiger partial charge in [-0.1, -0.05) is 67.5 Å². The minimum atomic E-state index is -0.203. The predicted molar refractivity (Wildman–Crippen MR) is 77.1 cm³/mol. The number of rotatable bonds is 2. The van der Waals surface area contributed by atoms with Crippen molar-refractivity contribution in [1.82, 2.24) is 0 Å². The SMILES string of the molecule is BP(c1cccc(C)c1)c1cccc(C)c1. The van der Waals surface area contributed by atoms with Gasteiger partial charge in [0.1, 0.15) is 7.57 Å². The number of benzene rings is 2. The first-order valence-electron chi connectivity index (χ1n) is 5.54. The van der Waals surface area contributed by atoms with Gasteiger partial charge >= 0.3 is 0 Å². The summed E-state index contributed by atoms with van der Waals surface area (Å²) in [6.45, 7) is 4.31. The van der Waals surface area contributed by atoms with Gasteiger partial charge in [-0.3, -0.25) is 0 Å². The summed E-state index contributed by atoms with van der Waals surface area (Å²) in [4.78, 5) is 0. The summed E-state index contributed by atoms with van der Waals surface area (Å²) in [6, 6.07) is 17.7. The predicted octanol–water partition coefficient (Wildman–Crippen LogP) is 2.28. The summed E-state index contributed by atoms with van der Waals surface area (Å²) >= 11 is 0. The summed E-state index contributed by atoms with van der Waals surface area (Å²) in [5.74, 6) is 0. The molecule has 0 amide bonds. The van der Waals surface area contributed by atoms with Gasteiger partial charge in [-0.15, -0.1) is 0 Å². The van der Waals surface area contributed by atoms with Gasteiger partial charge in [-0.05, 0) is 24.5 Å². The minimum Gasteiger partial charge on any atom is -0.0883 e. The van der Waals surface area contributed by atoms with E-state index in [-0.39, 0.29) is 7.80 Å². The molecule has 0 N–H and O–H groups in total. The van der Waals surface area contributed by atoms with Gasteiger partial charge in [0.05, 0.1) is 0 Å². The highest BCUT2D eigenvalue weighted by molar-refractivity contribution is 7.94. The number of hydrogen-bond acceptors (Lipinski definition) is 0. The molecule has 0 aliphatic rings. The first kappa shape index (κ1) is 11.4. The van der Waals surface area contributed by atoms with E-state index >= 15 is 0 Å². The third-order valence-corrected chi connectivity index (χ3v) is 4.88. The fourth-order valence-electron chi connectivity index (χ4n) is 1.82. The van der Waals surface area contributed by atoms with Crippen LogP contribution < -0.4 is 10.6 Å². The van der Waals surface area contributed by atoms with Crippen LogP contribution in [0.5, 0.6) is 0 Å². The zero-order chi connectivity index (χ0) is 11.5. The molecular formula is C14H16BP. The van der Waals surface area contributed by atoms with Gasteiger partial charge in [0.15, 0.2) is 0 Å². The van der Waals surface area contributed by atoms with Crippen molar-refractivity contribution in [1.29, 1.82) is 0 Å². The van der Waals surface area contributed by atoms with Crippen LogP contribution in [-0.4, -0.2) is 7.57 Å². The van der Waals surface area contributed by atoms with Crippen LogP contribution >= 0.6 is 7.80 Å². The molecule has 0 fully saturated rings. The molecule has 80 valence electrons. The van der Waals surface area contributed by atoms with Crippen LogP contribution in [-0.2, 0) is 0 Å². The first-order valence-corrected chi connectivity index (χ1v) is 7.33. The van der Waals surface area contributed by atoms with Crippen molar-refractivity contribution in [3.05, 3.63) is 59.7 Å². The van der Waals surface area contributed by atoms with Gasteiger partial charge in [-0.25, -0.2) is 0 Å². The van der Waals surface area contributed by atoms with Crippen LogP contribution in [0.1, 0.15) is 11.1 Å². The zero-order valence-corrected chi connectivity index (χ0v) is 11.0. The normalized spacial score (nSPS) is 10.7. The molecule has 2 aromatic carbocycles. The lowest BCUT2D eigenvalue weighted by Gasteiger charge is -2.14. The van der Waals surface area contributed by atoms with E-state index in [1.165, 1.54) is 21.7 Å². The van der Waals surface area contributed by atoms with Crippen molar-refractivity contribution in [2.24, 2.45) is 0 Å². The molecule has 0 heterocycles. The van der Waals surface area contributed by atoms with Crippen LogP contribution in [0.15, 0.2) is 48.5 Å². The second kappa shape index (κ2) is 4.85. The Labute approximate surface area is 99.8 Å². The lowest BCUT2D eigenvalue weighted by molar-refractivity contribution is 1.49. The smallest absolute Gasteiger partial charge is 0.0883 e. The standard InChI is InChI=1S/C14H16BP/c1-11-5-3-7-13(9-11)16(15)14-8-4-6-12(2)10-14/h3-10H,15H2,1-2H3. The Kier molecular flexibility index (Phi) is 3.46. The molecule has 0 atom stereocenters. The van der Waals surface area contributed by atoms with Crippen LogP contribution in [0.4, 0.5) is 0 Å². The molecule has 2 rings (SSSR count). The largest absolute Gasteiger partial charge is 0.145 e. The van der Waals surface area contributed by atoms with Crippen LogP contribution in [0.2, 0.25) is 0 Å². The zero-order valence-electron chi connectivity index (χ0n) is 10.1. The quantitative estimate of drug-likeness (QED) is 0.544. The van der Waals surface area contributed by atoms with Gasteiger partial charge in [0.2, 0.25) is 0 Å². The Balaban J connectivity index is 2.35. The Hall–Kier alpha value is -1.07. The summed E-state index contributed by atoms with van der Waals surface area (Å²) in [5.41, 5.74) is 2.69. The average Bonchev–Trinajstić information content (AvgIpc) is 2.28. The number of hydrogen-bond donors (Lipinski definition) is 0. The summed E-state index contributed by atoms with van der Waals surface area (Å²) in [7, 11) is 2.13. The van der Waals surface area contributed by atoms with Crippen LogP contribution in [0.3, 0.4) is 0 Å². The van der Waals surface area contributed by atoms with Gasteiger partial charge in [0, 0.05) is 0 Å². The third-order valence-electron chi connectivity index (χ3n) is 2.78. The second-order valence-electron chi connectivity index (χ2n) is 4.24. The highest BCUT2D eigenvalue weighted by atomic mass is 31.1. The van der Waals surface area contributed by atoms with E-state index in [0.29, 0.717) is 0 Å². The molecule has 16 heavy (non-hydrogen) atoms. The van der Waals surface area contributed by atoms with E-state index in [4.69, 9.17) is 0 Å². The van der Waals surface area contributed by atoms with Crippen molar-refractivity contribution >= 4 is 26.0 Å². The van der Waals surface area contributed by atoms with Crippen LogP contribution in [0, 0.1) is 13.8 Å². The topological polar surface area (TPSA) is 0 Å². The third kappa shape index (κ3) is 2.54. The molecule has 0 saturated heterocycles. The fraction of sp³-hybridized carbons (Fsp3) is 0.143. The molecule has 0 aliphatic heterocycles. The highest BCUT2D eigenvalue weighted by Crippen LogP contribution is 2.27. The maximum Gasteiger partial charge on any atom is 0.145 e. The molecule has 0 bridgehead atoms. The Morgan fingerprint density at radius 1 is 0.812 bits per heavy atom. The molecule has 2 heteroatoms. The maximum atomic E-state index is 2.33. The molecule has 0 aliphatic carbocycles. The minimum absolute atomic E-state index is 0.203. The Morgan fingerprint density at radius 3 is 1.62 bits per heavy atom. The summed E-state index contributed by atoms with van der Waals surface area (Å²) in [6.07, 6.45) is 0. The van der Waals surface area contributed by atoms with Crippen molar-refractivity contribution in [3.8, 4) is 0 Å². The Morgan fingerprint density at radius 2 is 1.25 bits per heavy atom. The van der Waals surface area contributed by atoms with Crippen molar-refractivity contribution in [2.75, 3.05) is 0 Å². The van der Waals surface area contributed by atoms with E-state index in [1.54, 1.807) is 0 Å². The molecule has 0 radical (unpaired) electrons. The fourth-order valence-corrected chi connectivity index (χ4v) is 3.53. The molecule has 0 aromatic heterocycles. The monoisotopic (exact) mass is 226 g/mol. The molecule has 0 nitrogen and oxygen atoms in total. The van der Waals surface area contributed by atoms with E-state index in [9.17, 15) is 0 Å². The van der Waals surface area contributed by atoms with Crippen molar-refractivity contribution < 1.29 is 0 Å². The first-order chi connectivity index (χ1) is 7.66. The Bertz CT molecular complexity index is 448. The van der Waals surface area contributed by atoms with Gasteiger partial charge in [0.25, 0.3) is 0 Å². The lowest BCUT2D eigenvalue weighted by atomic mass is 10.2. The van der Waals surface area contributed by atoms with Gasteiger partial charge < -0.3 is 0 Å². The maximum absolute atomic E-state index is 2.33. The molecule has 0 spiro atoms. The molecule has 0 unspecified atom stereocenters. The van der Waals surface area contributed by atoms with E-state index in [2.05, 4.69) is 69.9 Å². The van der Waals surface area contributed by atoms with Gasteiger partial charge in [-0.2, -0.15) is 0 Å². The molecular weight excluding hydrogens is 210 g/mol. The van der Waals surface area contributed by atoms with E-state index < -0.39 is 0 Å². The molecule has 2 aromatic rings. The second-order valence-corrected chi connectivity index (χ2v) is 6.39. The summed E-state index contributed by atoms with van der Waals surface area (Å²) < 4.78 is 0. The highest BCUT2D eigenvalue weighted by Gasteiger charge is 2.07. The van der Waals surface area contributed by atoms with E-state index in [0.717, 1.165) is 0 Å². The van der Waals surface area contributed by atoms with E-state index in [1.807, 2.05) is 0 Å². The summed E-state index contributed by atoms with van der Waals surface area (Å²) in [5, 5.41) is 2.92. The lowest BCUT2D eigenvalue weighted by Crippen LogP contribution is -2.12.